The molecular formula is C11H11N5OS. The van der Waals surface area contributed by atoms with Crippen LogP contribution in [0.1, 0.15) is 16.8 Å². The summed E-state index contributed by atoms with van der Waals surface area (Å²) in [7, 11) is 1.87. The van der Waals surface area contributed by atoms with E-state index in [1.54, 1.807) is 23.9 Å². The van der Waals surface area contributed by atoms with Crippen LogP contribution in [0.15, 0.2) is 34.6 Å². The number of hydrogen-bond donors (Lipinski definition) is 1. The maximum Gasteiger partial charge on any atom is 0.249 e. The number of aromatic nitrogens is 4. The standard InChI is InChI=1S/C11H11N5OS/c1-16-6-13-5-7(16)10-14-11(17-15-10)9(12)8-3-2-4-18-8/h2-6,9H,12H2,1H3. The number of imidazole rings is 1. The van der Waals surface area contributed by atoms with Gasteiger partial charge in [0.2, 0.25) is 11.7 Å². The van der Waals surface area contributed by atoms with E-state index in [-0.39, 0.29) is 6.04 Å². The highest BCUT2D eigenvalue weighted by Gasteiger charge is 2.19. The molecule has 0 radical (unpaired) electrons. The highest BCUT2D eigenvalue weighted by Crippen LogP contribution is 2.24. The first-order valence-electron chi connectivity index (χ1n) is 5.35. The number of rotatable bonds is 3. The van der Waals surface area contributed by atoms with Crippen molar-refractivity contribution in [1.29, 1.82) is 0 Å². The average molecular weight is 261 g/mol. The molecule has 1 unspecified atom stereocenters. The molecule has 0 bridgehead atoms. The minimum Gasteiger partial charge on any atom is -0.337 e. The van der Waals surface area contributed by atoms with E-state index in [9.17, 15) is 0 Å². The van der Waals surface area contributed by atoms with E-state index in [1.807, 2.05) is 29.1 Å². The van der Waals surface area contributed by atoms with Gasteiger partial charge in [-0.3, -0.25) is 0 Å². The van der Waals surface area contributed by atoms with E-state index >= 15 is 0 Å². The maximum absolute atomic E-state index is 6.06. The zero-order valence-corrected chi connectivity index (χ0v) is 10.5. The number of nitrogens with two attached hydrogens (primary N) is 1. The van der Waals surface area contributed by atoms with Gasteiger partial charge in [0.25, 0.3) is 0 Å². The van der Waals surface area contributed by atoms with Gasteiger partial charge >= 0.3 is 0 Å². The van der Waals surface area contributed by atoms with Crippen LogP contribution >= 0.6 is 11.3 Å². The molecule has 7 heteroatoms. The molecule has 0 fully saturated rings. The summed E-state index contributed by atoms with van der Waals surface area (Å²) in [5.74, 6) is 0.908. The van der Waals surface area contributed by atoms with Crippen molar-refractivity contribution in [3.63, 3.8) is 0 Å². The number of thiophene rings is 1. The van der Waals surface area contributed by atoms with Gasteiger partial charge in [0.15, 0.2) is 0 Å². The molecule has 18 heavy (non-hydrogen) atoms. The second-order valence-corrected chi connectivity index (χ2v) is 4.82. The quantitative estimate of drug-likeness (QED) is 0.774. The molecule has 0 aliphatic heterocycles. The summed E-state index contributed by atoms with van der Waals surface area (Å²) in [6, 6.07) is 3.51. The third kappa shape index (κ3) is 1.83. The monoisotopic (exact) mass is 261 g/mol. The van der Waals surface area contributed by atoms with E-state index in [1.165, 1.54) is 0 Å². The number of hydrogen-bond acceptors (Lipinski definition) is 6. The first-order valence-corrected chi connectivity index (χ1v) is 6.23. The lowest BCUT2D eigenvalue weighted by Gasteiger charge is -2.01. The van der Waals surface area contributed by atoms with Crippen LogP contribution in [-0.2, 0) is 7.05 Å². The van der Waals surface area contributed by atoms with Crippen molar-refractivity contribution < 1.29 is 4.52 Å². The molecule has 3 aromatic rings. The Morgan fingerprint density at radius 1 is 1.50 bits per heavy atom. The zero-order valence-electron chi connectivity index (χ0n) is 9.65. The van der Waals surface area contributed by atoms with Gasteiger partial charge in [-0.05, 0) is 11.4 Å². The van der Waals surface area contributed by atoms with Gasteiger partial charge in [0.1, 0.15) is 11.7 Å². The molecular weight excluding hydrogens is 250 g/mol. The van der Waals surface area contributed by atoms with Crippen molar-refractivity contribution in [3.05, 3.63) is 40.8 Å². The molecule has 92 valence electrons. The minimum absolute atomic E-state index is 0.375. The van der Waals surface area contributed by atoms with Gasteiger partial charge in [-0.2, -0.15) is 4.98 Å². The molecule has 3 rings (SSSR count). The van der Waals surface area contributed by atoms with Crippen LogP contribution in [0.2, 0.25) is 0 Å². The topological polar surface area (TPSA) is 82.8 Å². The molecule has 3 heterocycles. The summed E-state index contributed by atoms with van der Waals surface area (Å²) in [6.07, 6.45) is 3.37. The molecule has 0 saturated heterocycles. The Kier molecular flexibility index (Phi) is 2.69. The number of nitrogens with zero attached hydrogens (tertiary/aromatic N) is 4. The Balaban J connectivity index is 1.93. The summed E-state index contributed by atoms with van der Waals surface area (Å²) < 4.78 is 7.03. The van der Waals surface area contributed by atoms with Gasteiger partial charge in [0.05, 0.1) is 12.5 Å². The molecule has 1 atom stereocenters. The summed E-state index contributed by atoms with van der Waals surface area (Å²) in [6.45, 7) is 0. The van der Waals surface area contributed by atoms with Crippen molar-refractivity contribution in [2.45, 2.75) is 6.04 Å². The van der Waals surface area contributed by atoms with E-state index in [0.717, 1.165) is 10.6 Å². The van der Waals surface area contributed by atoms with Gasteiger partial charge in [-0.1, -0.05) is 11.2 Å². The van der Waals surface area contributed by atoms with Crippen molar-refractivity contribution in [3.8, 4) is 11.5 Å². The molecule has 0 spiro atoms. The van der Waals surface area contributed by atoms with Crippen LogP contribution in [-0.4, -0.2) is 19.7 Å². The largest absolute Gasteiger partial charge is 0.337 e. The van der Waals surface area contributed by atoms with Crippen molar-refractivity contribution in [2.75, 3.05) is 0 Å². The summed E-state index contributed by atoms with van der Waals surface area (Å²) in [4.78, 5) is 9.32. The predicted molar refractivity (Wildman–Crippen MR) is 66.8 cm³/mol. The lowest BCUT2D eigenvalue weighted by Crippen LogP contribution is -2.10. The Labute approximate surface area is 107 Å². The molecule has 0 saturated carbocycles. The Bertz CT molecular complexity index is 642. The van der Waals surface area contributed by atoms with Crippen LogP contribution in [0.25, 0.3) is 11.5 Å². The predicted octanol–water partition coefficient (Wildman–Crippen LogP) is 1.58. The molecule has 0 aliphatic rings. The average Bonchev–Trinajstić information content (AvgIpc) is 3.09. The summed E-state index contributed by atoms with van der Waals surface area (Å²) in [5.41, 5.74) is 6.85. The minimum atomic E-state index is -0.375. The Hall–Kier alpha value is -1.99. The molecule has 3 aromatic heterocycles. The van der Waals surface area contributed by atoms with Crippen LogP contribution in [0.3, 0.4) is 0 Å². The van der Waals surface area contributed by atoms with E-state index in [2.05, 4.69) is 15.1 Å². The van der Waals surface area contributed by atoms with E-state index in [4.69, 9.17) is 10.3 Å². The molecule has 6 nitrogen and oxygen atoms in total. The van der Waals surface area contributed by atoms with Crippen LogP contribution in [0, 0.1) is 0 Å². The lowest BCUT2D eigenvalue weighted by atomic mass is 10.2. The second kappa shape index (κ2) is 4.35. The second-order valence-electron chi connectivity index (χ2n) is 3.84. The van der Waals surface area contributed by atoms with Gasteiger partial charge in [-0.15, -0.1) is 11.3 Å². The first-order chi connectivity index (χ1) is 8.75. The highest BCUT2D eigenvalue weighted by atomic mass is 32.1. The van der Waals surface area contributed by atoms with Gasteiger partial charge in [-0.25, -0.2) is 4.98 Å². The van der Waals surface area contributed by atoms with Crippen molar-refractivity contribution >= 4 is 11.3 Å². The Morgan fingerprint density at radius 3 is 3.06 bits per heavy atom. The molecule has 0 amide bonds. The Morgan fingerprint density at radius 2 is 2.39 bits per heavy atom. The SMILES string of the molecule is Cn1cncc1-c1noc(C(N)c2cccs2)n1. The molecule has 0 aliphatic carbocycles. The first kappa shape index (κ1) is 11.1. The fraction of sp³-hybridized carbons (Fsp3) is 0.182. The van der Waals surface area contributed by atoms with Crippen LogP contribution in [0.4, 0.5) is 0 Å². The normalized spacial score (nSPS) is 12.8. The smallest absolute Gasteiger partial charge is 0.249 e. The van der Waals surface area contributed by atoms with Gasteiger partial charge < -0.3 is 14.8 Å². The van der Waals surface area contributed by atoms with Crippen molar-refractivity contribution in [2.24, 2.45) is 12.8 Å². The lowest BCUT2D eigenvalue weighted by molar-refractivity contribution is 0.368. The van der Waals surface area contributed by atoms with E-state index in [0.29, 0.717) is 11.7 Å². The highest BCUT2D eigenvalue weighted by molar-refractivity contribution is 7.10. The summed E-state index contributed by atoms with van der Waals surface area (Å²) >= 11 is 1.57. The van der Waals surface area contributed by atoms with Crippen molar-refractivity contribution in [1.82, 2.24) is 19.7 Å². The zero-order chi connectivity index (χ0) is 12.5. The summed E-state index contributed by atoms with van der Waals surface area (Å²) in [5, 5.41) is 5.89. The third-order valence-corrected chi connectivity index (χ3v) is 3.56. The fourth-order valence-corrected chi connectivity index (χ4v) is 2.35. The third-order valence-electron chi connectivity index (χ3n) is 2.60. The molecule has 2 N–H and O–H groups in total. The number of aryl methyl sites for hydroxylation is 1. The van der Waals surface area contributed by atoms with Crippen LogP contribution < -0.4 is 5.73 Å². The molecule has 0 aromatic carbocycles. The maximum atomic E-state index is 6.06. The van der Waals surface area contributed by atoms with Crippen LogP contribution in [0.5, 0.6) is 0 Å². The van der Waals surface area contributed by atoms with Gasteiger partial charge in [0, 0.05) is 11.9 Å². The fourth-order valence-electron chi connectivity index (χ4n) is 1.63. The van der Waals surface area contributed by atoms with E-state index < -0.39 is 0 Å².